The molecule has 4 rings (SSSR count). The van der Waals surface area contributed by atoms with Gasteiger partial charge in [-0.25, -0.2) is 10.2 Å². The molecule has 1 atom stereocenters. The zero-order chi connectivity index (χ0) is 25.3. The van der Waals surface area contributed by atoms with Crippen LogP contribution < -0.4 is 15.5 Å². The molecule has 0 bridgehead atoms. The number of hydrogen-bond acceptors (Lipinski definition) is 6. The number of benzene rings is 3. The van der Waals surface area contributed by atoms with Crippen molar-refractivity contribution >= 4 is 29.1 Å². The molecule has 0 spiro atoms. The molecule has 0 aliphatic rings. The van der Waals surface area contributed by atoms with Gasteiger partial charge in [-0.15, -0.1) is 0 Å². The van der Waals surface area contributed by atoms with Crippen LogP contribution >= 0.6 is 0 Å². The molecule has 0 saturated heterocycles. The number of ether oxygens (including phenoxy) is 2. The van der Waals surface area contributed by atoms with Crippen molar-refractivity contribution in [2.24, 2.45) is 5.10 Å². The lowest BCUT2D eigenvalue weighted by molar-refractivity contribution is -0.123. The molecule has 2 amide bonds. The van der Waals surface area contributed by atoms with Gasteiger partial charge in [0.05, 0.1) is 13.3 Å². The van der Waals surface area contributed by atoms with Gasteiger partial charge < -0.3 is 24.9 Å². The van der Waals surface area contributed by atoms with E-state index in [1.165, 1.54) is 19.4 Å². The van der Waals surface area contributed by atoms with Gasteiger partial charge in [0.25, 0.3) is 5.91 Å². The molecule has 0 fully saturated rings. The van der Waals surface area contributed by atoms with Crippen LogP contribution in [0.4, 0.5) is 4.79 Å². The number of methoxy groups -OCH3 is 1. The van der Waals surface area contributed by atoms with Crippen LogP contribution in [0, 0.1) is 0 Å². The largest absolute Gasteiger partial charge is 0.504 e. The lowest BCUT2D eigenvalue weighted by Gasteiger charge is -2.17. The summed E-state index contributed by atoms with van der Waals surface area (Å²) in [5.41, 5.74) is 5.70. The number of para-hydroxylation sites is 1. The number of nitrogens with zero attached hydrogens (tertiary/aromatic N) is 1. The molecule has 1 aromatic heterocycles. The maximum Gasteiger partial charge on any atom is 0.408 e. The number of alkyl carbamates (subject to hydrolysis) is 1. The maximum absolute atomic E-state index is 13.0. The molecule has 0 saturated carbocycles. The lowest BCUT2D eigenvalue weighted by Crippen LogP contribution is -2.47. The standard InChI is InChI=1S/C27H26N4O5/c1-35-25-13-19(11-12-24(25)32)15-29-31-26(33)23(14-20-16-28-22-10-6-5-9-21(20)22)30-27(34)36-17-18-7-3-2-4-8-18/h2-13,15-16,23,28,32H,14,17H2,1H3,(H,30,34)(H,31,33)/b29-15-/t23-/m1/s1. The second kappa shape index (κ2) is 11.6. The summed E-state index contributed by atoms with van der Waals surface area (Å²) in [6, 6.07) is 20.7. The Labute approximate surface area is 207 Å². The molecule has 0 unspecified atom stereocenters. The van der Waals surface area contributed by atoms with Crippen LogP contribution in [0.5, 0.6) is 11.5 Å². The Morgan fingerprint density at radius 2 is 1.86 bits per heavy atom. The zero-order valence-corrected chi connectivity index (χ0v) is 19.6. The summed E-state index contributed by atoms with van der Waals surface area (Å²) in [4.78, 5) is 28.7. The maximum atomic E-state index is 13.0. The van der Waals surface area contributed by atoms with E-state index in [4.69, 9.17) is 9.47 Å². The number of aromatic amines is 1. The molecule has 0 aliphatic heterocycles. The Morgan fingerprint density at radius 3 is 2.67 bits per heavy atom. The third-order valence-corrected chi connectivity index (χ3v) is 5.51. The number of carbonyl (C=O) groups excluding carboxylic acids is 2. The number of hydrazone groups is 1. The molecular weight excluding hydrogens is 460 g/mol. The van der Waals surface area contributed by atoms with Crippen molar-refractivity contribution < 1.29 is 24.2 Å². The van der Waals surface area contributed by atoms with Gasteiger partial charge in [-0.1, -0.05) is 48.5 Å². The predicted octanol–water partition coefficient (Wildman–Crippen LogP) is 3.87. The molecule has 4 N–H and O–H groups in total. The zero-order valence-electron chi connectivity index (χ0n) is 19.6. The average Bonchev–Trinajstić information content (AvgIpc) is 3.31. The van der Waals surface area contributed by atoms with Crippen LogP contribution in [0.2, 0.25) is 0 Å². The minimum Gasteiger partial charge on any atom is -0.504 e. The smallest absolute Gasteiger partial charge is 0.408 e. The Hall–Kier alpha value is -4.79. The molecule has 3 aromatic carbocycles. The second-order valence-electron chi connectivity index (χ2n) is 7.99. The fourth-order valence-electron chi connectivity index (χ4n) is 3.66. The Kier molecular flexibility index (Phi) is 7.82. The third kappa shape index (κ3) is 6.20. The third-order valence-electron chi connectivity index (χ3n) is 5.51. The minimum atomic E-state index is -0.945. The monoisotopic (exact) mass is 486 g/mol. The number of H-pyrrole nitrogens is 1. The molecule has 0 aliphatic carbocycles. The Balaban J connectivity index is 1.46. The summed E-state index contributed by atoms with van der Waals surface area (Å²) in [6.45, 7) is 0.0783. The van der Waals surface area contributed by atoms with Gasteiger partial charge >= 0.3 is 6.09 Å². The molecule has 0 radical (unpaired) electrons. The Bertz CT molecular complexity index is 1370. The van der Waals surface area contributed by atoms with E-state index in [2.05, 4.69) is 20.8 Å². The van der Waals surface area contributed by atoms with Crippen molar-refractivity contribution in [2.75, 3.05) is 7.11 Å². The van der Waals surface area contributed by atoms with Crippen molar-refractivity contribution in [3.8, 4) is 11.5 Å². The van der Waals surface area contributed by atoms with Crippen LogP contribution in [0.3, 0.4) is 0 Å². The van der Waals surface area contributed by atoms with Gasteiger partial charge in [-0.05, 0) is 41.0 Å². The van der Waals surface area contributed by atoms with Crippen LogP contribution in [0.25, 0.3) is 10.9 Å². The van der Waals surface area contributed by atoms with Gasteiger partial charge in [-0.3, -0.25) is 4.79 Å². The van der Waals surface area contributed by atoms with E-state index in [0.29, 0.717) is 5.56 Å². The summed E-state index contributed by atoms with van der Waals surface area (Å²) in [5.74, 6) is -0.236. The highest BCUT2D eigenvalue weighted by molar-refractivity contribution is 5.89. The highest BCUT2D eigenvalue weighted by atomic mass is 16.5. The van der Waals surface area contributed by atoms with Crippen LogP contribution in [0.1, 0.15) is 16.7 Å². The van der Waals surface area contributed by atoms with E-state index in [-0.39, 0.29) is 24.5 Å². The predicted molar refractivity (Wildman–Crippen MR) is 136 cm³/mol. The summed E-state index contributed by atoms with van der Waals surface area (Å²) in [6.07, 6.45) is 2.73. The number of fused-ring (bicyclic) bond motifs is 1. The molecule has 36 heavy (non-hydrogen) atoms. The number of aromatic hydroxyl groups is 1. The van der Waals surface area contributed by atoms with Gasteiger partial charge in [0, 0.05) is 23.5 Å². The van der Waals surface area contributed by atoms with E-state index >= 15 is 0 Å². The SMILES string of the molecule is COc1cc(/C=N\NC(=O)[C@@H](Cc2c[nH]c3ccccc23)NC(=O)OCc2ccccc2)ccc1O. The van der Waals surface area contributed by atoms with E-state index in [9.17, 15) is 14.7 Å². The van der Waals surface area contributed by atoms with E-state index in [1.807, 2.05) is 60.8 Å². The summed E-state index contributed by atoms with van der Waals surface area (Å²) >= 11 is 0. The van der Waals surface area contributed by atoms with Crippen LogP contribution in [0.15, 0.2) is 84.1 Å². The number of nitrogens with one attached hydrogen (secondary N) is 3. The van der Waals surface area contributed by atoms with Crippen molar-refractivity contribution in [1.29, 1.82) is 0 Å². The van der Waals surface area contributed by atoms with Gasteiger partial charge in [-0.2, -0.15) is 5.10 Å². The molecule has 184 valence electrons. The molecule has 1 heterocycles. The topological polar surface area (TPSA) is 125 Å². The number of hydrogen-bond donors (Lipinski definition) is 4. The first-order valence-corrected chi connectivity index (χ1v) is 11.3. The lowest BCUT2D eigenvalue weighted by atomic mass is 10.0. The first-order chi connectivity index (χ1) is 17.5. The number of phenolic OH excluding ortho intramolecular Hbond substituents is 1. The quantitative estimate of drug-likeness (QED) is 0.211. The molecule has 9 nitrogen and oxygen atoms in total. The number of amides is 2. The van der Waals surface area contributed by atoms with Crippen molar-refractivity contribution in [2.45, 2.75) is 19.1 Å². The summed E-state index contributed by atoms with van der Waals surface area (Å²) in [5, 5.41) is 17.3. The van der Waals surface area contributed by atoms with Crippen molar-refractivity contribution in [1.82, 2.24) is 15.7 Å². The van der Waals surface area contributed by atoms with Crippen molar-refractivity contribution in [3.63, 3.8) is 0 Å². The summed E-state index contributed by atoms with van der Waals surface area (Å²) < 4.78 is 10.4. The van der Waals surface area contributed by atoms with Crippen LogP contribution in [-0.2, 0) is 22.6 Å². The number of carbonyl (C=O) groups is 2. The second-order valence-corrected chi connectivity index (χ2v) is 7.99. The van der Waals surface area contributed by atoms with E-state index in [0.717, 1.165) is 22.0 Å². The number of aromatic nitrogens is 1. The highest BCUT2D eigenvalue weighted by Crippen LogP contribution is 2.25. The summed E-state index contributed by atoms with van der Waals surface area (Å²) in [7, 11) is 1.44. The van der Waals surface area contributed by atoms with Crippen LogP contribution in [-0.4, -0.2) is 41.5 Å². The van der Waals surface area contributed by atoms with Gasteiger partial charge in [0.2, 0.25) is 0 Å². The Morgan fingerprint density at radius 1 is 1.08 bits per heavy atom. The fraction of sp³-hybridized carbons (Fsp3) is 0.148. The number of phenols is 1. The van der Waals surface area contributed by atoms with Crippen molar-refractivity contribution in [3.05, 3.63) is 95.7 Å². The molecular formula is C27H26N4O5. The molecule has 4 aromatic rings. The first-order valence-electron chi connectivity index (χ1n) is 11.3. The number of rotatable bonds is 9. The van der Waals surface area contributed by atoms with Gasteiger partial charge in [0.1, 0.15) is 12.6 Å². The van der Waals surface area contributed by atoms with Gasteiger partial charge in [0.15, 0.2) is 11.5 Å². The molecule has 9 heteroatoms. The highest BCUT2D eigenvalue weighted by Gasteiger charge is 2.23. The van der Waals surface area contributed by atoms with E-state index in [1.54, 1.807) is 12.1 Å². The fourth-order valence-corrected chi connectivity index (χ4v) is 3.66. The average molecular weight is 487 g/mol. The first kappa shape index (κ1) is 24.3. The minimum absolute atomic E-state index is 0.00399. The van der Waals surface area contributed by atoms with E-state index < -0.39 is 18.0 Å². The normalized spacial score (nSPS) is 11.8.